The van der Waals surface area contributed by atoms with Crippen molar-refractivity contribution < 1.29 is 19.7 Å². The Morgan fingerprint density at radius 3 is 1.55 bits per heavy atom. The van der Waals surface area contributed by atoms with Crippen molar-refractivity contribution in [3.63, 3.8) is 0 Å². The molecule has 10 heteroatoms. The number of azide groups is 2. The summed E-state index contributed by atoms with van der Waals surface area (Å²) in [5.41, 5.74) is 16.2. The average Bonchev–Trinajstić information content (AvgIpc) is 2.55. The minimum atomic E-state index is -0.873. The highest BCUT2D eigenvalue weighted by Gasteiger charge is 2.05. The van der Waals surface area contributed by atoms with Crippen LogP contribution in [-0.4, -0.2) is 48.7 Å². The fraction of sp³-hybridized carbons (Fsp3) is 0.500. The van der Waals surface area contributed by atoms with Crippen molar-refractivity contribution in [2.75, 3.05) is 26.3 Å². The van der Waals surface area contributed by atoms with E-state index in [9.17, 15) is 10.2 Å². The van der Waals surface area contributed by atoms with Crippen LogP contribution in [-0.2, 0) is 0 Å². The van der Waals surface area contributed by atoms with E-state index in [0.29, 0.717) is 11.5 Å². The van der Waals surface area contributed by atoms with Crippen LogP contribution in [0.2, 0.25) is 0 Å². The van der Waals surface area contributed by atoms with Crippen LogP contribution in [0.3, 0.4) is 0 Å². The molecule has 0 radical (unpaired) electrons. The zero-order valence-electron chi connectivity index (χ0n) is 11.7. The molecule has 2 atom stereocenters. The number of nitrogens with zero attached hydrogens (tertiary/aromatic N) is 6. The molecule has 0 saturated heterocycles. The van der Waals surface area contributed by atoms with Gasteiger partial charge in [0.05, 0.1) is 25.3 Å². The first kappa shape index (κ1) is 17.4. The third-order valence-corrected chi connectivity index (χ3v) is 2.42. The lowest BCUT2D eigenvalue weighted by Crippen LogP contribution is -2.20. The van der Waals surface area contributed by atoms with Crippen molar-refractivity contribution in [2.24, 2.45) is 10.2 Å². The Morgan fingerprint density at radius 1 is 0.864 bits per heavy atom. The second-order valence-corrected chi connectivity index (χ2v) is 4.23. The van der Waals surface area contributed by atoms with Gasteiger partial charge in [-0.3, -0.25) is 0 Å². The molecule has 1 aromatic rings. The molecular formula is C12H16N6O4. The molecule has 0 amide bonds. The van der Waals surface area contributed by atoms with Crippen LogP contribution >= 0.6 is 0 Å². The van der Waals surface area contributed by atoms with Gasteiger partial charge < -0.3 is 19.7 Å². The normalized spacial score (nSPS) is 12.5. The van der Waals surface area contributed by atoms with Gasteiger partial charge in [0.1, 0.15) is 24.7 Å². The van der Waals surface area contributed by atoms with Crippen LogP contribution in [0.5, 0.6) is 11.5 Å². The van der Waals surface area contributed by atoms with Gasteiger partial charge in [-0.05, 0) is 35.3 Å². The van der Waals surface area contributed by atoms with Gasteiger partial charge in [-0.25, -0.2) is 0 Å². The quantitative estimate of drug-likeness (QED) is 0.383. The van der Waals surface area contributed by atoms with Crippen LogP contribution < -0.4 is 9.47 Å². The molecule has 10 nitrogen and oxygen atoms in total. The third-order valence-electron chi connectivity index (χ3n) is 2.42. The maximum Gasteiger partial charge on any atom is 0.119 e. The first-order valence-electron chi connectivity index (χ1n) is 6.39. The summed E-state index contributed by atoms with van der Waals surface area (Å²) in [6.07, 6.45) is -1.75. The topological polar surface area (TPSA) is 156 Å². The lowest BCUT2D eigenvalue weighted by atomic mass is 10.3. The number of aliphatic hydroxyl groups excluding tert-OH is 2. The first-order chi connectivity index (χ1) is 10.7. The molecule has 0 heterocycles. The summed E-state index contributed by atoms with van der Waals surface area (Å²) in [5, 5.41) is 25.3. The van der Waals surface area contributed by atoms with E-state index in [4.69, 9.17) is 20.5 Å². The predicted octanol–water partition coefficient (Wildman–Crippen LogP) is 1.79. The van der Waals surface area contributed by atoms with Crippen molar-refractivity contribution in [3.05, 3.63) is 45.2 Å². The molecule has 0 aliphatic rings. The second kappa shape index (κ2) is 10.1. The van der Waals surface area contributed by atoms with E-state index in [1.54, 1.807) is 24.3 Å². The summed E-state index contributed by atoms with van der Waals surface area (Å²) in [6, 6.07) is 6.54. The van der Waals surface area contributed by atoms with Crippen molar-refractivity contribution in [1.82, 2.24) is 0 Å². The molecule has 22 heavy (non-hydrogen) atoms. The van der Waals surface area contributed by atoms with Gasteiger partial charge in [0.15, 0.2) is 0 Å². The van der Waals surface area contributed by atoms with E-state index >= 15 is 0 Å². The van der Waals surface area contributed by atoms with E-state index in [2.05, 4.69) is 20.1 Å². The molecule has 2 N–H and O–H groups in total. The summed E-state index contributed by atoms with van der Waals surface area (Å²) in [5.74, 6) is 1.03. The zero-order valence-corrected chi connectivity index (χ0v) is 11.7. The highest BCUT2D eigenvalue weighted by Crippen LogP contribution is 2.18. The van der Waals surface area contributed by atoms with E-state index in [1.165, 1.54) is 0 Å². The molecule has 0 bridgehead atoms. The number of hydrogen-bond donors (Lipinski definition) is 2. The molecule has 1 rings (SSSR count). The van der Waals surface area contributed by atoms with E-state index in [-0.39, 0.29) is 26.3 Å². The van der Waals surface area contributed by atoms with E-state index in [1.807, 2.05) is 0 Å². The van der Waals surface area contributed by atoms with Crippen molar-refractivity contribution in [1.29, 1.82) is 0 Å². The lowest BCUT2D eigenvalue weighted by molar-refractivity contribution is 0.112. The smallest absolute Gasteiger partial charge is 0.119 e. The number of rotatable bonds is 10. The Balaban J connectivity index is 2.36. The molecule has 0 fully saturated rings. The number of benzene rings is 1. The fourth-order valence-corrected chi connectivity index (χ4v) is 1.38. The monoisotopic (exact) mass is 308 g/mol. The number of aliphatic hydroxyl groups is 2. The van der Waals surface area contributed by atoms with Crippen molar-refractivity contribution in [2.45, 2.75) is 12.2 Å². The van der Waals surface area contributed by atoms with Crippen LogP contribution in [0.25, 0.3) is 20.9 Å². The van der Waals surface area contributed by atoms with E-state index < -0.39 is 12.2 Å². The maximum atomic E-state index is 9.44. The standard InChI is InChI=1S/C12H16N6O4/c13-17-15-5-9(19)7-21-11-1-2-12(4-3-11)22-8-10(20)6-16-18-14/h1-4,9-10,19-20H,5-8H2/t9-,10-/m0/s1. The Bertz CT molecular complexity index is 490. The molecule has 0 unspecified atom stereocenters. The number of hydrogen-bond acceptors (Lipinski definition) is 6. The van der Waals surface area contributed by atoms with Gasteiger partial charge in [-0.2, -0.15) is 0 Å². The van der Waals surface area contributed by atoms with Gasteiger partial charge in [-0.1, -0.05) is 10.2 Å². The minimum Gasteiger partial charge on any atom is -0.491 e. The second-order valence-electron chi connectivity index (χ2n) is 4.23. The fourth-order valence-electron chi connectivity index (χ4n) is 1.38. The van der Waals surface area contributed by atoms with Gasteiger partial charge in [0, 0.05) is 9.82 Å². The maximum absolute atomic E-state index is 9.44. The zero-order chi connectivity index (χ0) is 16.2. The van der Waals surface area contributed by atoms with Crippen LogP contribution in [0.15, 0.2) is 34.5 Å². The van der Waals surface area contributed by atoms with Gasteiger partial charge in [-0.15, -0.1) is 0 Å². The Kier molecular flexibility index (Phi) is 8.02. The van der Waals surface area contributed by atoms with Crippen molar-refractivity contribution >= 4 is 0 Å². The third kappa shape index (κ3) is 7.22. The molecule has 0 spiro atoms. The Morgan fingerprint density at radius 2 is 1.23 bits per heavy atom. The highest BCUT2D eigenvalue weighted by molar-refractivity contribution is 5.31. The predicted molar refractivity (Wildman–Crippen MR) is 77.5 cm³/mol. The summed E-state index contributed by atoms with van der Waals surface area (Å²) in [7, 11) is 0. The van der Waals surface area contributed by atoms with Gasteiger partial charge in [0.2, 0.25) is 0 Å². The van der Waals surface area contributed by atoms with E-state index in [0.717, 1.165) is 0 Å². The van der Waals surface area contributed by atoms with Crippen molar-refractivity contribution in [3.8, 4) is 11.5 Å². The SMILES string of the molecule is [N-]=[N+]=NC[C@H](O)COc1ccc(OC[C@@H](O)CN=[N+]=[N-])cc1. The molecular weight excluding hydrogens is 292 g/mol. The van der Waals surface area contributed by atoms with Gasteiger partial charge in [0.25, 0.3) is 0 Å². The Labute approximate surface area is 126 Å². The molecule has 0 aliphatic heterocycles. The highest BCUT2D eigenvalue weighted by atomic mass is 16.5. The molecule has 0 aliphatic carbocycles. The summed E-state index contributed by atoms with van der Waals surface area (Å²) in [4.78, 5) is 5.08. The first-order valence-corrected chi connectivity index (χ1v) is 6.39. The number of ether oxygens (including phenoxy) is 2. The summed E-state index contributed by atoms with van der Waals surface area (Å²) >= 11 is 0. The lowest BCUT2D eigenvalue weighted by Gasteiger charge is -2.12. The summed E-state index contributed by atoms with van der Waals surface area (Å²) in [6.45, 7) is -0.101. The Hall–Kier alpha value is -2.64. The summed E-state index contributed by atoms with van der Waals surface area (Å²) < 4.78 is 10.6. The molecule has 1 aromatic carbocycles. The molecule has 0 aromatic heterocycles. The molecule has 118 valence electrons. The van der Waals surface area contributed by atoms with Crippen LogP contribution in [0.4, 0.5) is 0 Å². The van der Waals surface area contributed by atoms with Crippen LogP contribution in [0, 0.1) is 0 Å². The van der Waals surface area contributed by atoms with Gasteiger partial charge >= 0.3 is 0 Å². The van der Waals surface area contributed by atoms with Crippen LogP contribution in [0.1, 0.15) is 0 Å². The molecule has 0 saturated carbocycles. The largest absolute Gasteiger partial charge is 0.491 e. The minimum absolute atomic E-state index is 0.00407. The average molecular weight is 308 g/mol.